The Morgan fingerprint density at radius 3 is 2.43 bits per heavy atom. The number of hydrogen-bond acceptors (Lipinski definition) is 5. The Bertz CT molecular complexity index is 1290. The highest BCUT2D eigenvalue weighted by atomic mass is 19.1. The molecule has 1 aromatic carbocycles. The molecule has 1 aliphatic rings. The molecule has 2 heterocycles. The van der Waals surface area contributed by atoms with Crippen LogP contribution < -0.4 is 11.1 Å². The number of carbonyl (C=O) groups excluding carboxylic acids is 1. The Morgan fingerprint density at radius 2 is 1.81 bits per heavy atom. The van der Waals surface area contributed by atoms with Crippen LogP contribution in [0.5, 0.6) is 0 Å². The minimum Gasteiger partial charge on any atom is -0.388 e. The average molecular weight is 513 g/mol. The number of nitrogens with one attached hydrogen (secondary N) is 1. The first-order valence-electron chi connectivity index (χ1n) is 12.3. The number of benzene rings is 1. The fourth-order valence-electron chi connectivity index (χ4n) is 4.87. The van der Waals surface area contributed by atoms with Gasteiger partial charge in [-0.05, 0) is 79.0 Å². The molecule has 1 fully saturated rings. The predicted octanol–water partition coefficient (Wildman–Crippen LogP) is 5.53. The molecule has 4 N–H and O–H groups in total. The van der Waals surface area contributed by atoms with Gasteiger partial charge in [0.25, 0.3) is 5.91 Å². The van der Waals surface area contributed by atoms with Crippen molar-refractivity contribution in [1.29, 1.82) is 0 Å². The number of rotatable bonds is 5. The second-order valence-electron chi connectivity index (χ2n) is 10.4. The third-order valence-corrected chi connectivity index (χ3v) is 7.51. The van der Waals surface area contributed by atoms with Crippen LogP contribution in [0.15, 0.2) is 42.7 Å². The summed E-state index contributed by atoms with van der Waals surface area (Å²) in [5, 5.41) is 13.4. The summed E-state index contributed by atoms with van der Waals surface area (Å²) in [6, 6.07) is 5.73. The molecule has 0 bridgehead atoms. The van der Waals surface area contributed by atoms with Crippen molar-refractivity contribution >= 4 is 11.6 Å². The van der Waals surface area contributed by atoms with Crippen LogP contribution in [0.3, 0.4) is 0 Å². The van der Waals surface area contributed by atoms with E-state index in [0.29, 0.717) is 24.1 Å². The molecular weight excluding hydrogens is 481 g/mol. The van der Waals surface area contributed by atoms with E-state index < -0.39 is 46.3 Å². The number of aromatic nitrogens is 2. The Labute approximate surface area is 214 Å². The third-order valence-electron chi connectivity index (χ3n) is 7.51. The van der Waals surface area contributed by atoms with Crippen LogP contribution in [0.1, 0.15) is 74.0 Å². The zero-order chi connectivity index (χ0) is 27.1. The smallest absolute Gasteiger partial charge is 0.274 e. The lowest BCUT2D eigenvalue weighted by atomic mass is 9.68. The first-order valence-corrected chi connectivity index (χ1v) is 12.3. The summed E-state index contributed by atoms with van der Waals surface area (Å²) in [5.41, 5.74) is 5.47. The van der Waals surface area contributed by atoms with Gasteiger partial charge in [-0.2, -0.15) is 0 Å². The molecule has 3 aromatic rings. The first-order chi connectivity index (χ1) is 17.4. The van der Waals surface area contributed by atoms with Gasteiger partial charge < -0.3 is 16.2 Å². The highest BCUT2D eigenvalue weighted by molar-refractivity contribution is 6.03. The molecule has 4 rings (SSSR count). The van der Waals surface area contributed by atoms with Crippen molar-refractivity contribution in [2.45, 2.75) is 64.0 Å². The number of anilines is 1. The maximum absolute atomic E-state index is 14.8. The summed E-state index contributed by atoms with van der Waals surface area (Å²) in [6.45, 7) is 7.23. The van der Waals surface area contributed by atoms with Crippen LogP contribution in [-0.2, 0) is 0 Å². The van der Waals surface area contributed by atoms with Gasteiger partial charge in [0.2, 0.25) is 0 Å². The van der Waals surface area contributed by atoms with Crippen LogP contribution in [0.4, 0.5) is 18.9 Å². The minimum absolute atomic E-state index is 0.0390. The molecule has 196 valence electrons. The summed E-state index contributed by atoms with van der Waals surface area (Å²) < 4.78 is 44.3. The van der Waals surface area contributed by atoms with Gasteiger partial charge in [-0.1, -0.05) is 20.8 Å². The number of amides is 1. The normalized spacial score (nSPS) is 23.8. The van der Waals surface area contributed by atoms with Gasteiger partial charge in [0, 0.05) is 12.2 Å². The molecule has 1 amide bonds. The van der Waals surface area contributed by atoms with E-state index in [1.807, 2.05) is 6.92 Å². The lowest BCUT2D eigenvalue weighted by Gasteiger charge is -2.44. The summed E-state index contributed by atoms with van der Waals surface area (Å²) in [6.07, 6.45) is 4.25. The van der Waals surface area contributed by atoms with Gasteiger partial charge in [-0.15, -0.1) is 0 Å². The summed E-state index contributed by atoms with van der Waals surface area (Å²) in [4.78, 5) is 21.2. The Hall–Kier alpha value is -3.30. The highest BCUT2D eigenvalue weighted by Crippen LogP contribution is 2.43. The molecule has 1 saturated carbocycles. The third kappa shape index (κ3) is 5.24. The lowest BCUT2D eigenvalue weighted by Crippen LogP contribution is -2.54. The van der Waals surface area contributed by atoms with Crippen LogP contribution in [0, 0.1) is 23.4 Å². The van der Waals surface area contributed by atoms with Gasteiger partial charge in [0.1, 0.15) is 28.8 Å². The Balaban J connectivity index is 1.64. The van der Waals surface area contributed by atoms with E-state index in [1.165, 1.54) is 6.20 Å². The SMILES string of the molecule is CC(C)c1cc(F)c(-c2nc(C(=O)Nc3cnccc3[C@H]3C[C@@H](N)[C@](C)(O)[C@@H](C)C3)ccc2F)c(F)c1. The van der Waals surface area contributed by atoms with Crippen LogP contribution in [-0.4, -0.2) is 32.6 Å². The van der Waals surface area contributed by atoms with E-state index in [4.69, 9.17) is 5.73 Å². The van der Waals surface area contributed by atoms with Crippen LogP contribution >= 0.6 is 0 Å². The van der Waals surface area contributed by atoms with E-state index in [2.05, 4.69) is 15.3 Å². The molecule has 6 nitrogen and oxygen atoms in total. The lowest BCUT2D eigenvalue weighted by molar-refractivity contribution is -0.0463. The topological polar surface area (TPSA) is 101 Å². The van der Waals surface area contributed by atoms with Crippen molar-refractivity contribution < 1.29 is 23.1 Å². The monoisotopic (exact) mass is 512 g/mol. The number of halogens is 3. The summed E-state index contributed by atoms with van der Waals surface area (Å²) >= 11 is 0. The number of carbonyl (C=O) groups is 1. The van der Waals surface area contributed by atoms with Crippen molar-refractivity contribution in [3.05, 3.63) is 77.0 Å². The molecule has 0 spiro atoms. The van der Waals surface area contributed by atoms with Crippen molar-refractivity contribution in [3.8, 4) is 11.3 Å². The maximum Gasteiger partial charge on any atom is 0.274 e. The number of nitrogens with two attached hydrogens (primary N) is 1. The van der Waals surface area contributed by atoms with Crippen LogP contribution in [0.2, 0.25) is 0 Å². The molecule has 0 unspecified atom stereocenters. The molecular formula is C28H31F3N4O2. The quantitative estimate of drug-likeness (QED) is 0.417. The number of nitrogens with zero attached hydrogens (tertiary/aromatic N) is 2. The highest BCUT2D eigenvalue weighted by Gasteiger charge is 2.42. The van der Waals surface area contributed by atoms with Crippen molar-refractivity contribution in [1.82, 2.24) is 9.97 Å². The second kappa shape index (κ2) is 10.2. The molecule has 2 aromatic heterocycles. The first kappa shape index (κ1) is 26.8. The van der Waals surface area contributed by atoms with E-state index in [9.17, 15) is 23.1 Å². The van der Waals surface area contributed by atoms with Crippen molar-refractivity contribution in [2.75, 3.05) is 5.32 Å². The van der Waals surface area contributed by atoms with Gasteiger partial charge in [-0.3, -0.25) is 9.78 Å². The van der Waals surface area contributed by atoms with Gasteiger partial charge in [0.05, 0.1) is 23.0 Å². The predicted molar refractivity (Wildman–Crippen MR) is 136 cm³/mol. The van der Waals surface area contributed by atoms with Crippen molar-refractivity contribution in [2.24, 2.45) is 11.7 Å². The summed E-state index contributed by atoms with van der Waals surface area (Å²) in [5.74, 6) is -3.80. The largest absolute Gasteiger partial charge is 0.388 e. The zero-order valence-corrected chi connectivity index (χ0v) is 21.2. The maximum atomic E-state index is 14.8. The van der Waals surface area contributed by atoms with Crippen LogP contribution in [0.25, 0.3) is 11.3 Å². The molecule has 37 heavy (non-hydrogen) atoms. The second-order valence-corrected chi connectivity index (χ2v) is 10.4. The van der Waals surface area contributed by atoms with E-state index in [-0.39, 0.29) is 23.4 Å². The zero-order valence-electron chi connectivity index (χ0n) is 21.2. The fraction of sp³-hybridized carbons (Fsp3) is 0.393. The Morgan fingerprint density at radius 1 is 1.14 bits per heavy atom. The Kier molecular flexibility index (Phi) is 7.39. The minimum atomic E-state index is -1.00. The fourth-order valence-corrected chi connectivity index (χ4v) is 4.87. The molecule has 0 aliphatic heterocycles. The van der Waals surface area contributed by atoms with Gasteiger partial charge >= 0.3 is 0 Å². The number of pyridine rings is 2. The van der Waals surface area contributed by atoms with Crippen molar-refractivity contribution in [3.63, 3.8) is 0 Å². The summed E-state index contributed by atoms with van der Waals surface area (Å²) in [7, 11) is 0. The molecule has 0 radical (unpaired) electrons. The van der Waals surface area contributed by atoms with E-state index >= 15 is 0 Å². The van der Waals surface area contributed by atoms with Gasteiger partial charge in [0.15, 0.2) is 0 Å². The molecule has 0 saturated heterocycles. The molecule has 9 heteroatoms. The number of hydrogen-bond donors (Lipinski definition) is 3. The number of aliphatic hydroxyl groups is 1. The van der Waals surface area contributed by atoms with E-state index in [1.54, 1.807) is 33.0 Å². The molecule has 4 atom stereocenters. The van der Waals surface area contributed by atoms with Gasteiger partial charge in [-0.25, -0.2) is 18.2 Å². The standard InChI is InChI=1S/C28H31F3N4O2/c1-14(2)16-10-20(30)25(21(31)11-16)26-19(29)5-6-22(34-26)27(36)35-23-13-33-8-7-18(23)17-9-15(3)28(4,37)24(32)12-17/h5-8,10-11,13-15,17,24,37H,9,12,32H2,1-4H3,(H,35,36)/t15-,17+,24+,28+/m0/s1. The van der Waals surface area contributed by atoms with E-state index in [0.717, 1.165) is 29.8 Å². The molecule has 1 aliphatic carbocycles. The average Bonchev–Trinajstić information content (AvgIpc) is 2.83.